The highest BCUT2D eigenvalue weighted by atomic mass is 35.5. The number of benzene rings is 1. The third kappa shape index (κ3) is 1.64. The summed E-state index contributed by atoms with van der Waals surface area (Å²) in [6.07, 6.45) is 0. The monoisotopic (exact) mass is 162 g/mol. The molecule has 0 amide bonds. The van der Waals surface area contributed by atoms with Gasteiger partial charge in [-0.05, 0) is 12.1 Å². The van der Waals surface area contributed by atoms with Gasteiger partial charge >= 0.3 is 0 Å². The maximum absolute atomic E-state index is 12.5. The predicted octanol–water partition coefficient (Wildman–Crippen LogP) is 1.98. The van der Waals surface area contributed by atoms with Crippen molar-refractivity contribution in [1.29, 1.82) is 0 Å². The zero-order chi connectivity index (χ0) is 6.85. The third-order valence-corrected chi connectivity index (χ3v) is 1.67. The maximum Gasteiger partial charge on any atom is 0.131 e. The molecule has 0 spiro atoms. The number of rotatable bonds is 0. The molecule has 0 saturated carbocycles. The van der Waals surface area contributed by atoms with Crippen LogP contribution < -0.4 is 5.30 Å². The van der Waals surface area contributed by atoms with Gasteiger partial charge in [0.2, 0.25) is 0 Å². The summed E-state index contributed by atoms with van der Waals surface area (Å²) < 4.78 is 12.5. The van der Waals surface area contributed by atoms with Gasteiger partial charge in [-0.1, -0.05) is 17.7 Å². The van der Waals surface area contributed by atoms with Crippen molar-refractivity contribution in [3.05, 3.63) is 29.0 Å². The van der Waals surface area contributed by atoms with Gasteiger partial charge in [0, 0.05) is 10.3 Å². The minimum absolute atomic E-state index is 0.285. The molecule has 0 aliphatic heterocycles. The highest BCUT2D eigenvalue weighted by molar-refractivity contribution is 7.27. The van der Waals surface area contributed by atoms with Gasteiger partial charge < -0.3 is 0 Å². The first kappa shape index (κ1) is 6.98. The SMILES string of the molecule is Fc1cc(Cl)ccc1P. The van der Waals surface area contributed by atoms with E-state index in [0.717, 1.165) is 0 Å². The van der Waals surface area contributed by atoms with Crippen LogP contribution in [0.2, 0.25) is 5.02 Å². The molecular weight excluding hydrogens is 157 g/mol. The first-order chi connectivity index (χ1) is 4.20. The molecule has 0 bridgehead atoms. The summed E-state index contributed by atoms with van der Waals surface area (Å²) in [5, 5.41) is 0.970. The van der Waals surface area contributed by atoms with Gasteiger partial charge in [-0.3, -0.25) is 0 Å². The third-order valence-electron chi connectivity index (χ3n) is 0.962. The molecule has 0 saturated heterocycles. The van der Waals surface area contributed by atoms with E-state index in [1.807, 2.05) is 0 Å². The number of hydrogen-bond donors (Lipinski definition) is 0. The van der Waals surface area contributed by atoms with E-state index >= 15 is 0 Å². The molecule has 0 aliphatic carbocycles. The smallest absolute Gasteiger partial charge is 0.131 e. The summed E-state index contributed by atoms with van der Waals surface area (Å²) in [6.45, 7) is 0. The fourth-order valence-electron chi connectivity index (χ4n) is 0.502. The quantitative estimate of drug-likeness (QED) is 0.512. The van der Waals surface area contributed by atoms with E-state index in [4.69, 9.17) is 11.6 Å². The van der Waals surface area contributed by atoms with Crippen LogP contribution in [0.4, 0.5) is 4.39 Å². The Balaban J connectivity index is 3.17. The summed E-state index contributed by atoms with van der Waals surface area (Å²) >= 11 is 5.47. The fourth-order valence-corrected chi connectivity index (χ4v) is 0.840. The van der Waals surface area contributed by atoms with Gasteiger partial charge in [-0.25, -0.2) is 4.39 Å². The van der Waals surface area contributed by atoms with Crippen molar-refractivity contribution in [2.45, 2.75) is 0 Å². The summed E-state index contributed by atoms with van der Waals surface area (Å²) in [5.41, 5.74) is 0. The topological polar surface area (TPSA) is 0 Å². The lowest BCUT2D eigenvalue weighted by Gasteiger charge is -1.93. The first-order valence-corrected chi connectivity index (χ1v) is 3.36. The Morgan fingerprint density at radius 3 is 2.56 bits per heavy atom. The van der Waals surface area contributed by atoms with Crippen molar-refractivity contribution >= 4 is 26.1 Å². The van der Waals surface area contributed by atoms with E-state index in [9.17, 15) is 4.39 Å². The zero-order valence-electron chi connectivity index (χ0n) is 4.57. The second-order valence-electron chi connectivity index (χ2n) is 1.67. The molecule has 0 aromatic heterocycles. The zero-order valence-corrected chi connectivity index (χ0v) is 6.48. The molecule has 9 heavy (non-hydrogen) atoms. The molecule has 0 radical (unpaired) electrons. The van der Waals surface area contributed by atoms with Crippen molar-refractivity contribution in [3.8, 4) is 0 Å². The summed E-state index contributed by atoms with van der Waals surface area (Å²) in [4.78, 5) is 0. The Bertz CT molecular complexity index is 224. The molecule has 1 aromatic rings. The Morgan fingerprint density at radius 2 is 2.11 bits per heavy atom. The lowest BCUT2D eigenvalue weighted by Crippen LogP contribution is -1.95. The van der Waals surface area contributed by atoms with Gasteiger partial charge in [0.1, 0.15) is 5.82 Å². The Hall–Kier alpha value is -0.130. The number of hydrogen-bond acceptors (Lipinski definition) is 0. The molecule has 1 atom stereocenters. The second-order valence-corrected chi connectivity index (χ2v) is 2.72. The molecule has 1 unspecified atom stereocenters. The number of halogens is 2. The Labute approximate surface area is 60.2 Å². The molecule has 3 heteroatoms. The van der Waals surface area contributed by atoms with E-state index in [1.165, 1.54) is 6.07 Å². The van der Waals surface area contributed by atoms with Crippen LogP contribution in [-0.2, 0) is 0 Å². The molecule has 0 heterocycles. The van der Waals surface area contributed by atoms with Gasteiger partial charge in [0.05, 0.1) is 0 Å². The Morgan fingerprint density at radius 1 is 1.44 bits per heavy atom. The standard InChI is InChI=1S/C6H5ClFP/c7-4-1-2-6(9)5(8)3-4/h1-3H,9H2. The highest BCUT2D eigenvalue weighted by Gasteiger charge is 1.94. The molecule has 1 rings (SSSR count). The van der Waals surface area contributed by atoms with Gasteiger partial charge in [-0.15, -0.1) is 9.24 Å². The first-order valence-electron chi connectivity index (χ1n) is 2.40. The van der Waals surface area contributed by atoms with E-state index in [2.05, 4.69) is 9.24 Å². The van der Waals surface area contributed by atoms with Crippen LogP contribution in [0.3, 0.4) is 0 Å². The summed E-state index contributed by atoms with van der Waals surface area (Å²) in [6, 6.07) is 4.54. The van der Waals surface area contributed by atoms with Crippen molar-refractivity contribution in [3.63, 3.8) is 0 Å². The van der Waals surface area contributed by atoms with E-state index in [0.29, 0.717) is 10.3 Å². The molecular formula is C6H5ClFP. The summed E-state index contributed by atoms with van der Waals surface area (Å²) in [5.74, 6) is -0.285. The van der Waals surface area contributed by atoms with Crippen molar-refractivity contribution in [2.24, 2.45) is 0 Å². The molecule has 0 nitrogen and oxygen atoms in total. The molecule has 0 aliphatic rings. The lowest BCUT2D eigenvalue weighted by atomic mass is 10.3. The van der Waals surface area contributed by atoms with Crippen molar-refractivity contribution in [2.75, 3.05) is 0 Å². The average Bonchev–Trinajstić information content (AvgIpc) is 1.80. The van der Waals surface area contributed by atoms with Crippen LogP contribution in [0.25, 0.3) is 0 Å². The minimum Gasteiger partial charge on any atom is -0.206 e. The van der Waals surface area contributed by atoms with E-state index in [1.54, 1.807) is 12.1 Å². The maximum atomic E-state index is 12.5. The largest absolute Gasteiger partial charge is 0.206 e. The van der Waals surface area contributed by atoms with Crippen LogP contribution in [0, 0.1) is 5.82 Å². The van der Waals surface area contributed by atoms with Crippen LogP contribution in [0.15, 0.2) is 18.2 Å². The van der Waals surface area contributed by atoms with Gasteiger partial charge in [0.15, 0.2) is 0 Å². The fraction of sp³-hybridized carbons (Fsp3) is 0. The predicted molar refractivity (Wildman–Crippen MR) is 40.8 cm³/mol. The summed E-state index contributed by atoms with van der Waals surface area (Å²) in [7, 11) is 2.28. The molecule has 0 N–H and O–H groups in total. The highest BCUT2D eigenvalue weighted by Crippen LogP contribution is 2.08. The molecule has 0 fully saturated rings. The van der Waals surface area contributed by atoms with Crippen molar-refractivity contribution < 1.29 is 4.39 Å². The minimum atomic E-state index is -0.285. The second kappa shape index (κ2) is 2.64. The van der Waals surface area contributed by atoms with E-state index < -0.39 is 0 Å². The van der Waals surface area contributed by atoms with Gasteiger partial charge in [0.25, 0.3) is 0 Å². The Kier molecular flexibility index (Phi) is 2.05. The normalized spacial score (nSPS) is 9.67. The van der Waals surface area contributed by atoms with Crippen LogP contribution in [0.1, 0.15) is 0 Å². The van der Waals surface area contributed by atoms with Crippen molar-refractivity contribution in [1.82, 2.24) is 0 Å². The lowest BCUT2D eigenvalue weighted by molar-refractivity contribution is 0.636. The van der Waals surface area contributed by atoms with Crippen LogP contribution in [-0.4, -0.2) is 0 Å². The van der Waals surface area contributed by atoms with Crippen LogP contribution in [0.5, 0.6) is 0 Å². The molecule has 1 aromatic carbocycles. The van der Waals surface area contributed by atoms with E-state index in [-0.39, 0.29) is 5.82 Å². The average molecular weight is 163 g/mol. The molecule has 48 valence electrons. The van der Waals surface area contributed by atoms with Gasteiger partial charge in [-0.2, -0.15) is 0 Å². The van der Waals surface area contributed by atoms with Crippen LogP contribution >= 0.6 is 20.8 Å².